The highest BCUT2D eigenvalue weighted by Crippen LogP contribution is 2.25. The van der Waals surface area contributed by atoms with Crippen LogP contribution in [0.2, 0.25) is 0 Å². The Morgan fingerprint density at radius 3 is 2.96 bits per heavy atom. The van der Waals surface area contributed by atoms with Gasteiger partial charge in [0.15, 0.2) is 11.5 Å². The monoisotopic (exact) mass is 337 g/mol. The molecule has 126 valence electrons. The van der Waals surface area contributed by atoms with Gasteiger partial charge < -0.3 is 25.5 Å². The van der Waals surface area contributed by atoms with Gasteiger partial charge in [-0.3, -0.25) is 0 Å². The van der Waals surface area contributed by atoms with Crippen LogP contribution in [0.25, 0.3) is 4.85 Å². The zero-order chi connectivity index (χ0) is 17.5. The number of ether oxygens (including phenoxy) is 1. The number of anilines is 3. The maximum absolute atomic E-state index is 8.73. The fourth-order valence-corrected chi connectivity index (χ4v) is 2.22. The molecule has 1 aliphatic heterocycles. The number of hydrogen-bond donors (Lipinski definition) is 3. The van der Waals surface area contributed by atoms with Crippen molar-refractivity contribution in [2.45, 2.75) is 6.10 Å². The van der Waals surface area contributed by atoms with Crippen molar-refractivity contribution in [3.63, 3.8) is 0 Å². The third kappa shape index (κ3) is 4.35. The van der Waals surface area contributed by atoms with Crippen molar-refractivity contribution in [1.29, 1.82) is 5.26 Å². The van der Waals surface area contributed by atoms with Crippen LogP contribution in [-0.2, 0) is 4.74 Å². The molecule has 25 heavy (non-hydrogen) atoms. The van der Waals surface area contributed by atoms with Gasteiger partial charge in [0, 0.05) is 24.7 Å². The van der Waals surface area contributed by atoms with E-state index in [0.29, 0.717) is 30.5 Å². The first-order chi connectivity index (χ1) is 12.3. The van der Waals surface area contributed by atoms with E-state index in [1.807, 2.05) is 6.07 Å². The predicted molar refractivity (Wildman–Crippen MR) is 89.4 cm³/mol. The molecule has 1 saturated heterocycles. The third-order valence-corrected chi connectivity index (χ3v) is 3.43. The average Bonchev–Trinajstić information content (AvgIpc) is 2.68. The summed E-state index contributed by atoms with van der Waals surface area (Å²) >= 11 is 0. The van der Waals surface area contributed by atoms with E-state index in [1.54, 1.807) is 6.07 Å². The summed E-state index contributed by atoms with van der Waals surface area (Å²) in [6.07, 6.45) is 2.81. The van der Waals surface area contributed by atoms with Crippen molar-refractivity contribution in [3.05, 3.63) is 35.6 Å². The van der Waals surface area contributed by atoms with E-state index in [9.17, 15) is 0 Å². The molecule has 1 aliphatic rings. The Morgan fingerprint density at radius 2 is 2.28 bits per heavy atom. The van der Waals surface area contributed by atoms with Crippen molar-refractivity contribution in [2.75, 3.05) is 36.9 Å². The van der Waals surface area contributed by atoms with Crippen LogP contribution in [0.4, 0.5) is 23.1 Å². The Kier molecular flexibility index (Phi) is 5.26. The van der Waals surface area contributed by atoms with E-state index >= 15 is 0 Å². The summed E-state index contributed by atoms with van der Waals surface area (Å²) < 4.78 is 5.62. The lowest BCUT2D eigenvalue weighted by molar-refractivity contribution is 0.0372. The molecular weight excluding hydrogens is 322 g/mol. The zero-order valence-electron chi connectivity index (χ0n) is 13.2. The molecule has 3 rings (SSSR count). The molecule has 0 radical (unpaired) electrons. The molecule has 1 unspecified atom stereocenters. The molecule has 3 heterocycles. The molecule has 0 spiro atoms. The topological polar surface area (TPSA) is 125 Å². The molecule has 10 nitrogen and oxygen atoms in total. The van der Waals surface area contributed by atoms with Crippen LogP contribution in [0.3, 0.4) is 0 Å². The summed E-state index contributed by atoms with van der Waals surface area (Å²) in [5.41, 5.74) is 0.784. The molecule has 0 aliphatic carbocycles. The lowest BCUT2D eigenvalue weighted by Crippen LogP contribution is -2.42. The van der Waals surface area contributed by atoms with Crippen molar-refractivity contribution in [1.82, 2.24) is 25.5 Å². The van der Waals surface area contributed by atoms with E-state index in [-0.39, 0.29) is 17.6 Å². The van der Waals surface area contributed by atoms with E-state index < -0.39 is 0 Å². The zero-order valence-corrected chi connectivity index (χ0v) is 13.2. The van der Waals surface area contributed by atoms with Gasteiger partial charge in [0.05, 0.1) is 30.8 Å². The number of hydrogen-bond acceptors (Lipinski definition) is 9. The molecule has 1 fully saturated rings. The van der Waals surface area contributed by atoms with Gasteiger partial charge in [0.1, 0.15) is 11.9 Å². The number of morpholine rings is 1. The summed E-state index contributed by atoms with van der Waals surface area (Å²) in [7, 11) is 0. The quantitative estimate of drug-likeness (QED) is 0.680. The number of nitrogens with zero attached hydrogens (tertiary/aromatic N) is 6. The summed E-state index contributed by atoms with van der Waals surface area (Å²) in [5, 5.41) is 26.0. The highest BCUT2D eigenvalue weighted by atomic mass is 16.5. The first-order valence-corrected chi connectivity index (χ1v) is 7.59. The molecule has 2 aromatic rings. The number of rotatable bonds is 5. The molecule has 3 N–H and O–H groups in total. The molecule has 0 bridgehead atoms. The minimum absolute atomic E-state index is 0.0290. The minimum atomic E-state index is 0.0290. The Labute approximate surface area is 144 Å². The van der Waals surface area contributed by atoms with Crippen LogP contribution in [-0.4, -0.2) is 52.5 Å². The fourth-order valence-electron chi connectivity index (χ4n) is 2.22. The van der Waals surface area contributed by atoms with Crippen molar-refractivity contribution >= 4 is 23.1 Å². The second-order valence-electron chi connectivity index (χ2n) is 5.18. The van der Waals surface area contributed by atoms with E-state index in [0.717, 1.165) is 13.1 Å². The first kappa shape index (κ1) is 16.5. The second-order valence-corrected chi connectivity index (χ2v) is 5.18. The van der Waals surface area contributed by atoms with Crippen LogP contribution in [0.1, 0.15) is 5.69 Å². The largest absolute Gasteiger partial charge is 0.389 e. The van der Waals surface area contributed by atoms with Gasteiger partial charge in [-0.2, -0.15) is 5.26 Å². The number of nitriles is 1. The van der Waals surface area contributed by atoms with Gasteiger partial charge in [-0.1, -0.05) is 6.57 Å². The maximum Gasteiger partial charge on any atom is 0.319 e. The van der Waals surface area contributed by atoms with E-state index in [4.69, 9.17) is 16.6 Å². The molecular formula is C15H15N9O. The van der Waals surface area contributed by atoms with Crippen LogP contribution >= 0.6 is 0 Å². The van der Waals surface area contributed by atoms with Crippen LogP contribution in [0, 0.1) is 17.9 Å². The summed E-state index contributed by atoms with van der Waals surface area (Å²) in [6, 6.07) is 3.58. The molecule has 0 aromatic carbocycles. The van der Waals surface area contributed by atoms with Crippen LogP contribution in [0.15, 0.2) is 18.5 Å². The van der Waals surface area contributed by atoms with Crippen LogP contribution < -0.4 is 16.0 Å². The Balaban J connectivity index is 1.70. The van der Waals surface area contributed by atoms with Gasteiger partial charge in [0.25, 0.3) is 0 Å². The predicted octanol–water partition coefficient (Wildman–Crippen LogP) is 0.833. The summed E-state index contributed by atoms with van der Waals surface area (Å²) in [5.74, 6) is 1.02. The fraction of sp³-hybridized carbons (Fsp3) is 0.333. The van der Waals surface area contributed by atoms with E-state index in [2.05, 4.69) is 41.0 Å². The second kappa shape index (κ2) is 7.97. The first-order valence-electron chi connectivity index (χ1n) is 7.59. The summed E-state index contributed by atoms with van der Waals surface area (Å²) in [4.78, 5) is 11.4. The molecule has 1 atom stereocenters. The van der Waals surface area contributed by atoms with Crippen molar-refractivity contribution < 1.29 is 4.74 Å². The molecule has 0 amide bonds. The highest BCUT2D eigenvalue weighted by molar-refractivity contribution is 5.69. The van der Waals surface area contributed by atoms with E-state index in [1.165, 1.54) is 12.4 Å². The number of aromatic nitrogens is 4. The standard InChI is InChI=1S/C15H15N9O/c1-17-15-12(20-8-11-7-18-2-3-25-11)4-13(23-24-15)22-14-9-19-10(5-16)6-21-14/h4,6,9,11,18H,2-3,7-8H2,(H2,20,21,22,23). The average molecular weight is 337 g/mol. The Hall–Kier alpha value is -3.34. The Bertz CT molecular complexity index is 803. The lowest BCUT2D eigenvalue weighted by atomic mass is 10.3. The molecule has 2 aromatic heterocycles. The third-order valence-electron chi connectivity index (χ3n) is 3.43. The number of nitrogens with one attached hydrogen (secondary N) is 3. The van der Waals surface area contributed by atoms with Gasteiger partial charge >= 0.3 is 5.82 Å². The maximum atomic E-state index is 8.73. The van der Waals surface area contributed by atoms with Gasteiger partial charge in [-0.15, -0.1) is 0 Å². The molecule has 0 saturated carbocycles. The van der Waals surface area contributed by atoms with Crippen LogP contribution in [0.5, 0.6) is 0 Å². The summed E-state index contributed by atoms with van der Waals surface area (Å²) in [6.45, 7) is 10.0. The minimum Gasteiger partial charge on any atom is -0.389 e. The van der Waals surface area contributed by atoms with Crippen molar-refractivity contribution in [3.8, 4) is 6.07 Å². The van der Waals surface area contributed by atoms with Gasteiger partial charge in [-0.05, 0) is 11.2 Å². The van der Waals surface area contributed by atoms with Gasteiger partial charge in [0.2, 0.25) is 0 Å². The van der Waals surface area contributed by atoms with Gasteiger partial charge in [-0.25, -0.2) is 9.97 Å². The molecule has 10 heteroatoms. The SMILES string of the molecule is [C-]#[N+]c1nnc(Nc2cnc(C#N)cn2)cc1NCC1CNCCO1. The normalized spacial score (nSPS) is 16.5. The Morgan fingerprint density at radius 1 is 1.36 bits per heavy atom. The lowest BCUT2D eigenvalue weighted by Gasteiger charge is -2.24. The smallest absolute Gasteiger partial charge is 0.319 e. The highest BCUT2D eigenvalue weighted by Gasteiger charge is 2.15. The van der Waals surface area contributed by atoms with Crippen molar-refractivity contribution in [2.24, 2.45) is 0 Å².